The van der Waals surface area contributed by atoms with Gasteiger partial charge in [-0.1, -0.05) is 18.2 Å². The molecule has 23 heavy (non-hydrogen) atoms. The van der Waals surface area contributed by atoms with E-state index in [4.69, 9.17) is 4.42 Å². The lowest BCUT2D eigenvalue weighted by atomic mass is 10.2. The molecule has 4 rings (SSSR count). The van der Waals surface area contributed by atoms with Crippen LogP contribution in [0.4, 0.5) is 8.78 Å². The highest BCUT2D eigenvalue weighted by Crippen LogP contribution is 2.24. The van der Waals surface area contributed by atoms with Crippen LogP contribution < -0.4 is 5.56 Å². The topological polar surface area (TPSA) is 48.0 Å². The second-order valence-electron chi connectivity index (χ2n) is 5.20. The van der Waals surface area contributed by atoms with Crippen molar-refractivity contribution in [2.24, 2.45) is 0 Å². The monoisotopic (exact) mass is 312 g/mol. The number of para-hydroxylation sites is 1. The van der Waals surface area contributed by atoms with Gasteiger partial charge in [-0.3, -0.25) is 9.36 Å². The maximum Gasteiger partial charge on any atom is 0.297 e. The molecule has 0 amide bonds. The van der Waals surface area contributed by atoms with Gasteiger partial charge in [-0.2, -0.15) is 0 Å². The molecule has 0 fully saturated rings. The molecule has 6 heteroatoms. The normalized spacial score (nSPS) is 11.4. The molecule has 114 valence electrons. The molecule has 2 aromatic heterocycles. The van der Waals surface area contributed by atoms with Crippen LogP contribution in [0.1, 0.15) is 5.56 Å². The number of fused-ring (bicyclic) bond motifs is 3. The Balaban J connectivity index is 1.84. The molecule has 0 unspecified atom stereocenters. The fourth-order valence-electron chi connectivity index (χ4n) is 2.56. The van der Waals surface area contributed by atoms with Gasteiger partial charge < -0.3 is 4.42 Å². The van der Waals surface area contributed by atoms with Crippen molar-refractivity contribution in [2.45, 2.75) is 6.54 Å². The Morgan fingerprint density at radius 3 is 2.74 bits per heavy atom. The Morgan fingerprint density at radius 2 is 1.91 bits per heavy atom. The SMILES string of the molecule is O=c1c2oc3ccccc3c2ncn1Cc1ccc(F)c(F)c1. The van der Waals surface area contributed by atoms with Crippen LogP contribution >= 0.6 is 0 Å². The van der Waals surface area contributed by atoms with E-state index in [1.165, 1.54) is 17.0 Å². The summed E-state index contributed by atoms with van der Waals surface area (Å²) in [4.78, 5) is 16.8. The second kappa shape index (κ2) is 5.01. The molecule has 0 aliphatic heterocycles. The van der Waals surface area contributed by atoms with Crippen molar-refractivity contribution >= 4 is 22.1 Å². The Morgan fingerprint density at radius 1 is 1.09 bits per heavy atom. The predicted molar refractivity (Wildman–Crippen MR) is 81.2 cm³/mol. The van der Waals surface area contributed by atoms with Gasteiger partial charge in [-0.25, -0.2) is 13.8 Å². The van der Waals surface area contributed by atoms with Gasteiger partial charge in [0.15, 0.2) is 11.6 Å². The molecule has 4 aromatic rings. The van der Waals surface area contributed by atoms with Crippen LogP contribution in [0.3, 0.4) is 0 Å². The van der Waals surface area contributed by atoms with Gasteiger partial charge in [0.2, 0.25) is 5.58 Å². The molecule has 0 atom stereocenters. The number of hydrogen-bond donors (Lipinski definition) is 0. The summed E-state index contributed by atoms with van der Waals surface area (Å²) in [5.74, 6) is -1.87. The van der Waals surface area contributed by atoms with E-state index in [1.807, 2.05) is 18.2 Å². The third-order valence-corrected chi connectivity index (χ3v) is 3.69. The van der Waals surface area contributed by atoms with Crippen LogP contribution in [0, 0.1) is 11.6 Å². The lowest BCUT2D eigenvalue weighted by Crippen LogP contribution is -2.20. The number of hydrogen-bond acceptors (Lipinski definition) is 3. The van der Waals surface area contributed by atoms with Crippen molar-refractivity contribution in [3.05, 3.63) is 76.3 Å². The Kier molecular flexibility index (Phi) is 2.97. The minimum absolute atomic E-state index is 0.0794. The van der Waals surface area contributed by atoms with E-state index in [-0.39, 0.29) is 17.7 Å². The van der Waals surface area contributed by atoms with Gasteiger partial charge in [-0.15, -0.1) is 0 Å². The van der Waals surface area contributed by atoms with Crippen LogP contribution in [0.25, 0.3) is 22.1 Å². The highest BCUT2D eigenvalue weighted by molar-refractivity contribution is 6.01. The summed E-state index contributed by atoms with van der Waals surface area (Å²) in [5, 5.41) is 0.763. The van der Waals surface area contributed by atoms with E-state index in [0.717, 1.165) is 17.5 Å². The smallest absolute Gasteiger partial charge is 0.297 e. The molecule has 0 saturated carbocycles. The van der Waals surface area contributed by atoms with E-state index in [9.17, 15) is 13.6 Å². The summed E-state index contributed by atoms with van der Waals surface area (Å²) in [6.45, 7) is 0.0794. The van der Waals surface area contributed by atoms with Crippen LogP contribution in [0.15, 0.2) is 58.0 Å². The van der Waals surface area contributed by atoms with Gasteiger partial charge in [0.25, 0.3) is 5.56 Å². The van der Waals surface area contributed by atoms with E-state index in [1.54, 1.807) is 6.07 Å². The van der Waals surface area contributed by atoms with Crippen molar-refractivity contribution < 1.29 is 13.2 Å². The molecule has 0 bridgehead atoms. The molecule has 2 heterocycles. The number of nitrogens with zero attached hydrogens (tertiary/aromatic N) is 2. The first-order chi connectivity index (χ1) is 11.1. The third-order valence-electron chi connectivity index (χ3n) is 3.69. The van der Waals surface area contributed by atoms with Crippen LogP contribution in [-0.2, 0) is 6.54 Å². The molecule has 0 aliphatic rings. The predicted octanol–water partition coefficient (Wildman–Crippen LogP) is 3.47. The minimum atomic E-state index is -0.951. The molecule has 0 spiro atoms. The maximum absolute atomic E-state index is 13.3. The van der Waals surface area contributed by atoms with Gasteiger partial charge in [-0.05, 0) is 29.8 Å². The summed E-state index contributed by atoms with van der Waals surface area (Å²) < 4.78 is 33.1. The summed E-state index contributed by atoms with van der Waals surface area (Å²) in [7, 11) is 0. The zero-order valence-electron chi connectivity index (χ0n) is 11.8. The molecule has 0 N–H and O–H groups in total. The standard InChI is InChI=1S/C17H10F2N2O2/c18-12-6-5-10(7-13(12)19)8-21-9-20-15-11-3-1-2-4-14(11)23-16(15)17(21)22/h1-7,9H,8H2. The minimum Gasteiger partial charge on any atom is -0.448 e. The average Bonchev–Trinajstić information content (AvgIpc) is 2.93. The van der Waals surface area contributed by atoms with Gasteiger partial charge >= 0.3 is 0 Å². The average molecular weight is 312 g/mol. The van der Waals surface area contributed by atoms with Gasteiger partial charge in [0, 0.05) is 5.39 Å². The Hall–Kier alpha value is -3.02. The van der Waals surface area contributed by atoms with E-state index >= 15 is 0 Å². The summed E-state index contributed by atoms with van der Waals surface area (Å²) in [6, 6.07) is 10.8. The van der Waals surface area contributed by atoms with Crippen molar-refractivity contribution in [2.75, 3.05) is 0 Å². The number of rotatable bonds is 2. The quantitative estimate of drug-likeness (QED) is 0.569. The largest absolute Gasteiger partial charge is 0.448 e. The fraction of sp³-hybridized carbons (Fsp3) is 0.0588. The zero-order chi connectivity index (χ0) is 16.0. The van der Waals surface area contributed by atoms with Crippen LogP contribution in [-0.4, -0.2) is 9.55 Å². The summed E-state index contributed by atoms with van der Waals surface area (Å²) in [5.41, 5.74) is 1.32. The van der Waals surface area contributed by atoms with E-state index < -0.39 is 11.6 Å². The van der Waals surface area contributed by atoms with Crippen molar-refractivity contribution in [3.8, 4) is 0 Å². The number of aromatic nitrogens is 2. The first kappa shape index (κ1) is 13.6. The van der Waals surface area contributed by atoms with Crippen LogP contribution in [0.2, 0.25) is 0 Å². The number of benzene rings is 2. The van der Waals surface area contributed by atoms with Crippen LogP contribution in [0.5, 0.6) is 0 Å². The molecule has 4 nitrogen and oxygen atoms in total. The number of furan rings is 1. The van der Waals surface area contributed by atoms with Crippen molar-refractivity contribution in [1.29, 1.82) is 0 Å². The van der Waals surface area contributed by atoms with E-state index in [0.29, 0.717) is 16.7 Å². The lowest BCUT2D eigenvalue weighted by molar-refractivity contribution is 0.506. The molecular weight excluding hydrogens is 302 g/mol. The van der Waals surface area contributed by atoms with Gasteiger partial charge in [0.05, 0.1) is 12.9 Å². The Bertz CT molecular complexity index is 1100. The molecule has 2 aromatic carbocycles. The van der Waals surface area contributed by atoms with Crippen molar-refractivity contribution in [1.82, 2.24) is 9.55 Å². The summed E-state index contributed by atoms with van der Waals surface area (Å²) >= 11 is 0. The third kappa shape index (κ3) is 2.19. The van der Waals surface area contributed by atoms with E-state index in [2.05, 4.69) is 4.98 Å². The van der Waals surface area contributed by atoms with Gasteiger partial charge in [0.1, 0.15) is 11.1 Å². The molecule has 0 radical (unpaired) electrons. The Labute approximate surface area is 128 Å². The summed E-state index contributed by atoms with van der Waals surface area (Å²) in [6.07, 6.45) is 1.38. The maximum atomic E-state index is 13.3. The fourth-order valence-corrected chi connectivity index (χ4v) is 2.56. The zero-order valence-corrected chi connectivity index (χ0v) is 11.8. The second-order valence-corrected chi connectivity index (χ2v) is 5.20. The highest BCUT2D eigenvalue weighted by atomic mass is 19.2. The molecular formula is C17H10F2N2O2. The first-order valence-electron chi connectivity index (χ1n) is 6.94. The molecule has 0 aliphatic carbocycles. The first-order valence-corrected chi connectivity index (χ1v) is 6.94. The highest BCUT2D eigenvalue weighted by Gasteiger charge is 2.13. The van der Waals surface area contributed by atoms with Crippen molar-refractivity contribution in [3.63, 3.8) is 0 Å². The lowest BCUT2D eigenvalue weighted by Gasteiger charge is -2.05. The number of halogens is 2. The molecule has 0 saturated heterocycles.